The van der Waals surface area contributed by atoms with Crippen LogP contribution in [0.4, 0.5) is 9.52 Å². The highest BCUT2D eigenvalue weighted by atomic mass is 32.1. The van der Waals surface area contributed by atoms with Gasteiger partial charge in [-0.25, -0.2) is 14.4 Å². The molecule has 7 nitrogen and oxygen atoms in total. The van der Waals surface area contributed by atoms with Crippen LogP contribution in [0.3, 0.4) is 0 Å². The van der Waals surface area contributed by atoms with Gasteiger partial charge in [0.2, 0.25) is 0 Å². The zero-order valence-corrected chi connectivity index (χ0v) is 13.7. The highest BCUT2D eigenvalue weighted by Gasteiger charge is 2.13. The Labute approximate surface area is 147 Å². The number of aromatic nitrogens is 3. The van der Waals surface area contributed by atoms with E-state index in [1.807, 2.05) is 0 Å². The molecule has 0 spiro atoms. The van der Waals surface area contributed by atoms with Crippen molar-refractivity contribution in [1.82, 2.24) is 15.0 Å². The Morgan fingerprint density at radius 1 is 1.12 bits per heavy atom. The van der Waals surface area contributed by atoms with Crippen LogP contribution in [0.5, 0.6) is 0 Å². The molecule has 0 radical (unpaired) electrons. The molecule has 9 heteroatoms. The summed E-state index contributed by atoms with van der Waals surface area (Å²) in [4.78, 5) is 16.2. The van der Waals surface area contributed by atoms with Crippen molar-refractivity contribution in [3.8, 4) is 0 Å². The highest BCUT2D eigenvalue weighted by molar-refractivity contribution is 7.13. The van der Waals surface area contributed by atoms with Crippen LogP contribution < -0.4 is 16.8 Å². The van der Waals surface area contributed by atoms with Crippen LogP contribution in [0.15, 0.2) is 59.6 Å². The van der Waals surface area contributed by atoms with Crippen LogP contribution in [0.25, 0.3) is 11.4 Å². The number of pyridine rings is 2. The normalized spacial score (nSPS) is 12.6. The second-order valence-electron chi connectivity index (χ2n) is 4.82. The molecule has 0 aliphatic carbocycles. The number of guanidine groups is 1. The van der Waals surface area contributed by atoms with Crippen molar-refractivity contribution in [2.75, 3.05) is 5.32 Å². The standard InChI is InChI=1S/C16H14FN7S/c17-12-9-21-5-3-11(12)13(18)14(10-2-1-4-20-8-10)23-15(19)24-16-22-6-7-25-16/h1-9H,18H2,(H3,19,22,23,24)/b14-13-. The van der Waals surface area contributed by atoms with E-state index in [1.54, 1.807) is 36.1 Å². The number of halogens is 1. The molecule has 0 aliphatic heterocycles. The zero-order valence-electron chi connectivity index (χ0n) is 12.9. The molecule has 0 bridgehead atoms. The van der Waals surface area contributed by atoms with Crippen LogP contribution >= 0.6 is 11.3 Å². The minimum atomic E-state index is -0.553. The molecule has 3 aromatic rings. The van der Waals surface area contributed by atoms with Gasteiger partial charge in [0, 0.05) is 41.3 Å². The maximum atomic E-state index is 14.1. The fraction of sp³-hybridized carbons (Fsp3) is 0. The molecule has 0 saturated heterocycles. The maximum Gasteiger partial charge on any atom is 0.200 e. The van der Waals surface area contributed by atoms with Gasteiger partial charge < -0.3 is 16.8 Å². The Balaban J connectivity index is 2.07. The molecule has 126 valence electrons. The van der Waals surface area contributed by atoms with Crippen LogP contribution in [0, 0.1) is 5.82 Å². The first-order valence-corrected chi connectivity index (χ1v) is 8.04. The fourth-order valence-electron chi connectivity index (χ4n) is 2.05. The van der Waals surface area contributed by atoms with E-state index in [2.05, 4.69) is 25.3 Å². The SMILES string of the molecule is N/C(=C(\N=C(/N)Nc1nccs1)c1cccnc1)c1ccncc1F. The van der Waals surface area contributed by atoms with Crippen molar-refractivity contribution in [3.63, 3.8) is 0 Å². The van der Waals surface area contributed by atoms with Gasteiger partial charge >= 0.3 is 0 Å². The smallest absolute Gasteiger partial charge is 0.200 e. The zero-order chi connectivity index (χ0) is 17.6. The van der Waals surface area contributed by atoms with Crippen molar-refractivity contribution < 1.29 is 4.39 Å². The van der Waals surface area contributed by atoms with Crippen molar-refractivity contribution in [3.05, 3.63) is 71.5 Å². The molecule has 3 aromatic heterocycles. The number of thiazole rings is 1. The summed E-state index contributed by atoms with van der Waals surface area (Å²) in [6.07, 6.45) is 7.36. The van der Waals surface area contributed by atoms with Gasteiger partial charge in [-0.05, 0) is 18.2 Å². The molecule has 3 rings (SSSR count). The monoisotopic (exact) mass is 355 g/mol. The van der Waals surface area contributed by atoms with E-state index in [0.29, 0.717) is 16.4 Å². The summed E-state index contributed by atoms with van der Waals surface area (Å²) in [5.41, 5.74) is 13.3. The molecule has 0 unspecified atom stereocenters. The number of nitrogens with two attached hydrogens (primary N) is 2. The number of nitrogens with one attached hydrogen (secondary N) is 1. The number of nitrogens with zero attached hydrogens (tertiary/aromatic N) is 4. The first-order chi connectivity index (χ1) is 12.1. The van der Waals surface area contributed by atoms with Crippen LogP contribution in [0.1, 0.15) is 11.1 Å². The van der Waals surface area contributed by atoms with Gasteiger partial charge in [0.1, 0.15) is 0 Å². The Morgan fingerprint density at radius 3 is 2.64 bits per heavy atom. The lowest BCUT2D eigenvalue weighted by molar-refractivity contribution is 0.617. The van der Waals surface area contributed by atoms with Crippen molar-refractivity contribution >= 4 is 33.8 Å². The molecule has 0 amide bonds. The van der Waals surface area contributed by atoms with E-state index < -0.39 is 5.82 Å². The largest absolute Gasteiger partial charge is 0.396 e. The van der Waals surface area contributed by atoms with Crippen LogP contribution in [-0.4, -0.2) is 20.9 Å². The number of rotatable bonds is 4. The number of anilines is 1. The lowest BCUT2D eigenvalue weighted by atomic mass is 10.1. The minimum absolute atomic E-state index is 0.0752. The third-order valence-corrected chi connectivity index (χ3v) is 3.84. The molecule has 0 atom stereocenters. The third kappa shape index (κ3) is 3.96. The highest BCUT2D eigenvalue weighted by Crippen LogP contribution is 2.25. The molecular formula is C16H14FN7S. The summed E-state index contributed by atoms with van der Waals surface area (Å²) in [6.45, 7) is 0. The van der Waals surface area contributed by atoms with Gasteiger partial charge in [-0.15, -0.1) is 11.3 Å². The fourth-order valence-corrected chi connectivity index (χ4v) is 2.58. The average Bonchev–Trinajstić information content (AvgIpc) is 3.13. The molecule has 3 heterocycles. The summed E-state index contributed by atoms with van der Waals surface area (Å²) >= 11 is 1.37. The molecule has 5 N–H and O–H groups in total. The quantitative estimate of drug-likeness (QED) is 0.488. The van der Waals surface area contributed by atoms with Crippen molar-refractivity contribution in [1.29, 1.82) is 0 Å². The number of aliphatic imine (C=N–C) groups is 1. The summed E-state index contributed by atoms with van der Waals surface area (Å²) < 4.78 is 14.1. The topological polar surface area (TPSA) is 115 Å². The predicted molar refractivity (Wildman–Crippen MR) is 96.8 cm³/mol. The maximum absolute atomic E-state index is 14.1. The van der Waals surface area contributed by atoms with Crippen LogP contribution in [-0.2, 0) is 0 Å². The predicted octanol–water partition coefficient (Wildman–Crippen LogP) is 2.28. The second-order valence-corrected chi connectivity index (χ2v) is 5.71. The first-order valence-electron chi connectivity index (χ1n) is 7.16. The number of hydrogen-bond donors (Lipinski definition) is 3. The number of hydrogen-bond acceptors (Lipinski definition) is 6. The van der Waals surface area contributed by atoms with Crippen molar-refractivity contribution in [2.24, 2.45) is 16.5 Å². The van der Waals surface area contributed by atoms with Gasteiger partial charge in [0.25, 0.3) is 0 Å². The summed E-state index contributed by atoms with van der Waals surface area (Å²) in [6, 6.07) is 4.96. The average molecular weight is 355 g/mol. The van der Waals surface area contributed by atoms with E-state index in [9.17, 15) is 4.39 Å². The van der Waals surface area contributed by atoms with Gasteiger partial charge in [-0.1, -0.05) is 0 Å². The molecule has 0 aliphatic rings. The summed E-state index contributed by atoms with van der Waals surface area (Å²) in [5, 5.41) is 5.25. The Bertz CT molecular complexity index is 907. The van der Waals surface area contributed by atoms with Gasteiger partial charge in [-0.3, -0.25) is 9.97 Å². The van der Waals surface area contributed by atoms with Crippen LogP contribution in [0.2, 0.25) is 0 Å². The van der Waals surface area contributed by atoms with Crippen molar-refractivity contribution in [2.45, 2.75) is 0 Å². The second kappa shape index (κ2) is 7.49. The Hall–Kier alpha value is -3.33. The van der Waals surface area contributed by atoms with Gasteiger partial charge in [0.15, 0.2) is 16.9 Å². The van der Waals surface area contributed by atoms with E-state index >= 15 is 0 Å². The van der Waals surface area contributed by atoms with Gasteiger partial charge in [-0.2, -0.15) is 0 Å². The first kappa shape index (κ1) is 16.5. The lowest BCUT2D eigenvalue weighted by Gasteiger charge is -2.10. The molecule has 0 fully saturated rings. The molecule has 0 saturated carbocycles. The van der Waals surface area contributed by atoms with E-state index in [4.69, 9.17) is 11.5 Å². The van der Waals surface area contributed by atoms with Gasteiger partial charge in [0.05, 0.1) is 17.6 Å². The lowest BCUT2D eigenvalue weighted by Crippen LogP contribution is -2.22. The summed E-state index contributed by atoms with van der Waals surface area (Å²) in [5.74, 6) is -0.478. The molecule has 0 aromatic carbocycles. The van der Waals surface area contributed by atoms with E-state index in [1.165, 1.54) is 23.6 Å². The third-order valence-electron chi connectivity index (χ3n) is 3.15. The molecular weight excluding hydrogens is 341 g/mol. The minimum Gasteiger partial charge on any atom is -0.396 e. The Kier molecular flexibility index (Phi) is 4.95. The Morgan fingerprint density at radius 2 is 1.96 bits per heavy atom. The van der Waals surface area contributed by atoms with E-state index in [-0.39, 0.29) is 17.2 Å². The molecule has 25 heavy (non-hydrogen) atoms. The summed E-state index contributed by atoms with van der Waals surface area (Å²) in [7, 11) is 0. The van der Waals surface area contributed by atoms with E-state index in [0.717, 1.165) is 6.20 Å².